The molecule has 0 aliphatic heterocycles. The van der Waals surface area contributed by atoms with E-state index in [0.29, 0.717) is 5.11 Å². The van der Waals surface area contributed by atoms with Gasteiger partial charge in [-0.15, -0.1) is 0 Å². The van der Waals surface area contributed by atoms with Gasteiger partial charge in [0, 0.05) is 30.4 Å². The van der Waals surface area contributed by atoms with Crippen molar-refractivity contribution >= 4 is 44.6 Å². The Morgan fingerprint density at radius 3 is 3.10 bits per heavy atom. The summed E-state index contributed by atoms with van der Waals surface area (Å²) < 4.78 is 10.8. The van der Waals surface area contributed by atoms with Gasteiger partial charge in [-0.3, -0.25) is 0 Å². The Morgan fingerprint density at radius 1 is 1.45 bits per heavy atom. The minimum absolute atomic E-state index is 0.283. The van der Waals surface area contributed by atoms with E-state index < -0.39 is 0 Å². The second kappa shape index (κ2) is 7.52. The fraction of sp³-hybridized carbons (Fsp3) is 0.429. The molecule has 6 heteroatoms. The van der Waals surface area contributed by atoms with Gasteiger partial charge in [-0.2, -0.15) is 4.37 Å². The molecule has 2 rings (SSSR count). The van der Waals surface area contributed by atoms with Crippen LogP contribution in [-0.4, -0.2) is 28.7 Å². The lowest BCUT2D eigenvalue weighted by Crippen LogP contribution is -2.29. The number of nitrogens with one attached hydrogen (secondary N) is 2. The first-order valence-corrected chi connectivity index (χ1v) is 7.84. The van der Waals surface area contributed by atoms with E-state index in [9.17, 15) is 0 Å². The molecule has 0 aliphatic carbocycles. The van der Waals surface area contributed by atoms with Gasteiger partial charge in [0.05, 0.1) is 10.8 Å². The molecule has 1 aromatic heterocycles. The van der Waals surface area contributed by atoms with Gasteiger partial charge in [0.25, 0.3) is 0 Å². The third kappa shape index (κ3) is 4.70. The van der Waals surface area contributed by atoms with Gasteiger partial charge in [-0.1, -0.05) is 0 Å². The molecule has 0 saturated heterocycles. The highest BCUT2D eigenvalue weighted by Gasteiger charge is 2.01. The number of fused-ring (bicyclic) bond motifs is 1. The smallest absolute Gasteiger partial charge is 0.170 e. The zero-order chi connectivity index (χ0) is 14.4. The van der Waals surface area contributed by atoms with Crippen LogP contribution < -0.4 is 10.6 Å². The molecule has 1 heterocycles. The number of hydrogen-bond donors (Lipinski definition) is 2. The lowest BCUT2D eigenvalue weighted by molar-refractivity contribution is 0.0777. The number of nitrogens with zero attached hydrogens (tertiary/aromatic N) is 1. The lowest BCUT2D eigenvalue weighted by Gasteiger charge is -2.11. The van der Waals surface area contributed by atoms with Crippen molar-refractivity contribution in [1.82, 2.24) is 9.69 Å². The fourth-order valence-corrected chi connectivity index (χ4v) is 2.56. The quantitative estimate of drug-likeness (QED) is 0.632. The summed E-state index contributed by atoms with van der Waals surface area (Å²) >= 11 is 6.76. The zero-order valence-electron chi connectivity index (χ0n) is 11.7. The Morgan fingerprint density at radius 2 is 2.30 bits per heavy atom. The van der Waals surface area contributed by atoms with E-state index in [0.717, 1.165) is 30.6 Å². The van der Waals surface area contributed by atoms with Crippen molar-refractivity contribution < 1.29 is 4.74 Å². The molecule has 0 atom stereocenters. The van der Waals surface area contributed by atoms with Crippen LogP contribution >= 0.6 is 23.8 Å². The van der Waals surface area contributed by atoms with Crippen LogP contribution in [0.3, 0.4) is 0 Å². The molecule has 0 bridgehead atoms. The Kier molecular flexibility index (Phi) is 5.70. The van der Waals surface area contributed by atoms with Crippen molar-refractivity contribution in [3.8, 4) is 0 Å². The van der Waals surface area contributed by atoms with Crippen molar-refractivity contribution in [2.75, 3.05) is 18.5 Å². The number of benzene rings is 1. The molecule has 1 aromatic carbocycles. The highest BCUT2D eigenvalue weighted by molar-refractivity contribution is 7.80. The summed E-state index contributed by atoms with van der Waals surface area (Å²) in [5.74, 6) is 0. The van der Waals surface area contributed by atoms with Crippen LogP contribution in [0.1, 0.15) is 20.3 Å². The maximum Gasteiger partial charge on any atom is 0.170 e. The van der Waals surface area contributed by atoms with E-state index in [-0.39, 0.29) is 6.10 Å². The maximum atomic E-state index is 5.47. The summed E-state index contributed by atoms with van der Waals surface area (Å²) in [4.78, 5) is 0. The normalized spacial score (nSPS) is 10.9. The molecule has 0 unspecified atom stereocenters. The van der Waals surface area contributed by atoms with Crippen LogP contribution in [-0.2, 0) is 4.74 Å². The molecule has 0 aliphatic rings. The van der Waals surface area contributed by atoms with Crippen LogP contribution in [0.4, 0.5) is 5.69 Å². The van der Waals surface area contributed by atoms with E-state index >= 15 is 0 Å². The largest absolute Gasteiger partial charge is 0.379 e. The first-order valence-electron chi connectivity index (χ1n) is 6.66. The van der Waals surface area contributed by atoms with E-state index in [1.807, 2.05) is 26.1 Å². The third-order valence-electron chi connectivity index (χ3n) is 2.67. The van der Waals surface area contributed by atoms with Gasteiger partial charge in [0.15, 0.2) is 5.11 Å². The average Bonchev–Trinajstić information content (AvgIpc) is 2.85. The number of hydrogen-bond acceptors (Lipinski definition) is 4. The van der Waals surface area contributed by atoms with E-state index in [2.05, 4.69) is 27.1 Å². The number of rotatable bonds is 6. The molecule has 0 spiro atoms. The molecule has 2 aromatic rings. The highest BCUT2D eigenvalue weighted by Crippen LogP contribution is 2.21. The summed E-state index contributed by atoms with van der Waals surface area (Å²) in [5, 5.41) is 8.12. The SMILES string of the molecule is CC(C)OCCCNC(=S)Nc1ccc2sncc2c1. The van der Waals surface area contributed by atoms with Crippen LogP contribution in [0.2, 0.25) is 0 Å². The van der Waals surface area contributed by atoms with Crippen LogP contribution in [0.25, 0.3) is 10.1 Å². The van der Waals surface area contributed by atoms with Crippen molar-refractivity contribution in [3.63, 3.8) is 0 Å². The number of anilines is 1. The molecule has 2 N–H and O–H groups in total. The standard InChI is InChI=1S/C14H19N3OS2/c1-10(2)18-7-3-6-15-14(19)17-12-4-5-13-11(8-12)9-16-20-13/h4-5,8-10H,3,6-7H2,1-2H3,(H2,15,17,19). The molecule has 0 fully saturated rings. The van der Waals surface area contributed by atoms with Crippen molar-refractivity contribution in [2.45, 2.75) is 26.4 Å². The Labute approximate surface area is 128 Å². The fourth-order valence-electron chi connectivity index (χ4n) is 1.72. The zero-order valence-corrected chi connectivity index (χ0v) is 13.3. The molecule has 20 heavy (non-hydrogen) atoms. The first kappa shape index (κ1) is 15.2. The Bertz CT molecular complexity index is 568. The van der Waals surface area contributed by atoms with E-state index in [1.165, 1.54) is 16.2 Å². The van der Waals surface area contributed by atoms with E-state index in [4.69, 9.17) is 17.0 Å². The average molecular weight is 309 g/mol. The Balaban J connectivity index is 1.73. The molecular weight excluding hydrogens is 290 g/mol. The van der Waals surface area contributed by atoms with Crippen LogP contribution in [0, 0.1) is 0 Å². The molecule has 108 valence electrons. The maximum absolute atomic E-state index is 5.47. The summed E-state index contributed by atoms with van der Waals surface area (Å²) in [7, 11) is 0. The monoisotopic (exact) mass is 309 g/mol. The first-order chi connectivity index (χ1) is 9.65. The van der Waals surface area contributed by atoms with E-state index in [1.54, 1.807) is 0 Å². The van der Waals surface area contributed by atoms with Crippen molar-refractivity contribution in [1.29, 1.82) is 0 Å². The second-order valence-electron chi connectivity index (χ2n) is 4.73. The number of aromatic nitrogens is 1. The Hall–Kier alpha value is -1.24. The minimum Gasteiger partial charge on any atom is -0.379 e. The second-order valence-corrected chi connectivity index (χ2v) is 5.97. The van der Waals surface area contributed by atoms with Gasteiger partial charge in [0.1, 0.15) is 0 Å². The summed E-state index contributed by atoms with van der Waals surface area (Å²) in [5.41, 5.74) is 0.980. The molecule has 4 nitrogen and oxygen atoms in total. The third-order valence-corrected chi connectivity index (χ3v) is 3.69. The van der Waals surface area contributed by atoms with Crippen molar-refractivity contribution in [3.05, 3.63) is 24.4 Å². The number of thiocarbonyl (C=S) groups is 1. The van der Waals surface area contributed by atoms with Gasteiger partial charge in [-0.05, 0) is 62.2 Å². The number of ether oxygens (including phenoxy) is 1. The summed E-state index contributed by atoms with van der Waals surface area (Å²) in [6.45, 7) is 5.63. The topological polar surface area (TPSA) is 46.2 Å². The summed E-state index contributed by atoms with van der Waals surface area (Å²) in [6.07, 6.45) is 3.09. The van der Waals surface area contributed by atoms with Gasteiger partial charge in [-0.25, -0.2) is 0 Å². The molecule has 0 radical (unpaired) electrons. The van der Waals surface area contributed by atoms with Gasteiger partial charge in [0.2, 0.25) is 0 Å². The van der Waals surface area contributed by atoms with Gasteiger partial charge >= 0.3 is 0 Å². The molecule has 0 amide bonds. The predicted molar refractivity (Wildman–Crippen MR) is 89.5 cm³/mol. The highest BCUT2D eigenvalue weighted by atomic mass is 32.1. The van der Waals surface area contributed by atoms with Gasteiger partial charge < -0.3 is 15.4 Å². The van der Waals surface area contributed by atoms with Crippen molar-refractivity contribution in [2.24, 2.45) is 0 Å². The molecular formula is C14H19N3OS2. The lowest BCUT2D eigenvalue weighted by atomic mass is 10.2. The van der Waals surface area contributed by atoms with Crippen LogP contribution in [0.15, 0.2) is 24.4 Å². The molecule has 0 saturated carbocycles. The predicted octanol–water partition coefficient (Wildman–Crippen LogP) is 3.40. The minimum atomic E-state index is 0.283. The van der Waals surface area contributed by atoms with Crippen LogP contribution in [0.5, 0.6) is 0 Å². The summed E-state index contributed by atoms with van der Waals surface area (Å²) in [6, 6.07) is 6.11.